The Morgan fingerprint density at radius 3 is 2.82 bits per heavy atom. The zero-order chi connectivity index (χ0) is 12.8. The van der Waals surface area contributed by atoms with Gasteiger partial charge in [0.15, 0.2) is 0 Å². The Morgan fingerprint density at radius 2 is 2.24 bits per heavy atom. The van der Waals surface area contributed by atoms with Crippen LogP contribution in [0.2, 0.25) is 0 Å². The van der Waals surface area contributed by atoms with Crippen LogP contribution >= 0.6 is 0 Å². The van der Waals surface area contributed by atoms with Crippen LogP contribution in [0.4, 0.5) is 4.79 Å². The second-order valence-electron chi connectivity index (χ2n) is 4.39. The Balaban J connectivity index is 2.66. The van der Waals surface area contributed by atoms with E-state index in [0.717, 1.165) is 19.3 Å². The van der Waals surface area contributed by atoms with Gasteiger partial charge in [-0.2, -0.15) is 0 Å². The van der Waals surface area contributed by atoms with Crippen molar-refractivity contribution in [2.75, 3.05) is 20.1 Å². The number of likely N-dealkylation sites (N-methyl/N-ethyl adjacent to an activating group) is 1. The van der Waals surface area contributed by atoms with Crippen LogP contribution in [0.1, 0.15) is 25.7 Å². The predicted molar refractivity (Wildman–Crippen MR) is 64.8 cm³/mol. The Morgan fingerprint density at radius 1 is 1.53 bits per heavy atom. The number of urea groups is 1. The quantitative estimate of drug-likeness (QED) is 0.758. The summed E-state index contributed by atoms with van der Waals surface area (Å²) in [7, 11) is 1.70. The highest BCUT2D eigenvalue weighted by Crippen LogP contribution is 2.20. The first kappa shape index (κ1) is 13.5. The van der Waals surface area contributed by atoms with Crippen molar-refractivity contribution in [3.05, 3.63) is 12.7 Å². The molecule has 17 heavy (non-hydrogen) atoms. The number of hydrogen-bond acceptors (Lipinski definition) is 2. The smallest absolute Gasteiger partial charge is 0.320 e. The van der Waals surface area contributed by atoms with E-state index in [9.17, 15) is 9.59 Å². The number of carbonyl (C=O) groups excluding carboxylic acids is 1. The molecule has 0 spiro atoms. The lowest BCUT2D eigenvalue weighted by Crippen LogP contribution is -2.49. The second kappa shape index (κ2) is 6.27. The van der Waals surface area contributed by atoms with Crippen LogP contribution in [0.3, 0.4) is 0 Å². The predicted octanol–water partition coefficient (Wildman–Crippen LogP) is 1.55. The zero-order valence-corrected chi connectivity index (χ0v) is 10.3. The first-order valence-corrected chi connectivity index (χ1v) is 5.90. The van der Waals surface area contributed by atoms with Crippen molar-refractivity contribution in [3.8, 4) is 0 Å². The first-order valence-electron chi connectivity index (χ1n) is 5.90. The van der Waals surface area contributed by atoms with Crippen molar-refractivity contribution in [3.63, 3.8) is 0 Å². The van der Waals surface area contributed by atoms with E-state index in [1.54, 1.807) is 22.9 Å². The summed E-state index contributed by atoms with van der Waals surface area (Å²) in [5, 5.41) is 8.84. The number of carbonyl (C=O) groups is 2. The maximum Gasteiger partial charge on any atom is 0.320 e. The van der Waals surface area contributed by atoms with Gasteiger partial charge in [-0.3, -0.25) is 4.79 Å². The second-order valence-corrected chi connectivity index (χ2v) is 4.39. The molecule has 0 aromatic rings. The number of nitrogens with zero attached hydrogens (tertiary/aromatic N) is 2. The summed E-state index contributed by atoms with van der Waals surface area (Å²) in [5.41, 5.74) is 0. The summed E-state index contributed by atoms with van der Waals surface area (Å²) >= 11 is 0. The molecular formula is C12H20N2O3. The SMILES string of the molecule is C=CCN(C)C(=O)N1CCCCC1CC(=O)O. The highest BCUT2D eigenvalue weighted by Gasteiger charge is 2.29. The first-order chi connectivity index (χ1) is 8.06. The van der Waals surface area contributed by atoms with Crippen LogP contribution in [-0.4, -0.2) is 53.1 Å². The fraction of sp³-hybridized carbons (Fsp3) is 0.667. The summed E-state index contributed by atoms with van der Waals surface area (Å²) in [5.74, 6) is -0.846. The summed E-state index contributed by atoms with van der Waals surface area (Å²) < 4.78 is 0. The maximum atomic E-state index is 12.1. The normalized spacial score (nSPS) is 19.8. The minimum absolute atomic E-state index is 0.0354. The summed E-state index contributed by atoms with van der Waals surface area (Å²) in [6.07, 6.45) is 4.42. The molecule has 0 bridgehead atoms. The number of carboxylic acids is 1. The van der Waals surface area contributed by atoms with Gasteiger partial charge >= 0.3 is 12.0 Å². The largest absolute Gasteiger partial charge is 0.481 e. The van der Waals surface area contributed by atoms with E-state index in [4.69, 9.17) is 5.11 Å². The van der Waals surface area contributed by atoms with E-state index >= 15 is 0 Å². The molecule has 1 aliphatic rings. The number of aliphatic carboxylic acids is 1. The van der Waals surface area contributed by atoms with Crippen molar-refractivity contribution in [1.29, 1.82) is 0 Å². The average Bonchev–Trinajstić information content (AvgIpc) is 2.28. The molecule has 1 rings (SSSR count). The van der Waals surface area contributed by atoms with E-state index in [1.165, 1.54) is 0 Å². The van der Waals surface area contributed by atoms with Crippen LogP contribution in [0.5, 0.6) is 0 Å². The molecule has 0 radical (unpaired) electrons. The third kappa shape index (κ3) is 3.76. The Kier molecular flexibility index (Phi) is 5.00. The van der Waals surface area contributed by atoms with Gasteiger partial charge < -0.3 is 14.9 Å². The molecule has 96 valence electrons. The average molecular weight is 240 g/mol. The Hall–Kier alpha value is -1.52. The fourth-order valence-corrected chi connectivity index (χ4v) is 2.16. The molecule has 1 saturated heterocycles. The van der Waals surface area contributed by atoms with Crippen molar-refractivity contribution in [1.82, 2.24) is 9.80 Å². The monoisotopic (exact) mass is 240 g/mol. The molecule has 1 heterocycles. The van der Waals surface area contributed by atoms with E-state index < -0.39 is 5.97 Å². The molecule has 0 aromatic heterocycles. The fourth-order valence-electron chi connectivity index (χ4n) is 2.16. The van der Waals surface area contributed by atoms with Gasteiger partial charge in [-0.15, -0.1) is 6.58 Å². The molecule has 0 aromatic carbocycles. The van der Waals surface area contributed by atoms with Gasteiger partial charge in [0.05, 0.1) is 6.42 Å². The number of rotatable bonds is 4. The number of carboxylic acid groups (broad SMARTS) is 1. The van der Waals surface area contributed by atoms with Gasteiger partial charge in [-0.1, -0.05) is 6.08 Å². The minimum Gasteiger partial charge on any atom is -0.481 e. The zero-order valence-electron chi connectivity index (χ0n) is 10.3. The van der Waals surface area contributed by atoms with E-state index in [0.29, 0.717) is 13.1 Å². The van der Waals surface area contributed by atoms with E-state index in [2.05, 4.69) is 6.58 Å². The van der Waals surface area contributed by atoms with Crippen molar-refractivity contribution in [2.45, 2.75) is 31.7 Å². The molecule has 0 aliphatic carbocycles. The van der Waals surface area contributed by atoms with Gasteiger partial charge in [-0.05, 0) is 19.3 Å². The van der Waals surface area contributed by atoms with Crippen LogP contribution in [0.25, 0.3) is 0 Å². The maximum absolute atomic E-state index is 12.1. The molecule has 1 fully saturated rings. The molecule has 1 atom stereocenters. The van der Waals surface area contributed by atoms with Crippen LogP contribution in [0.15, 0.2) is 12.7 Å². The lowest BCUT2D eigenvalue weighted by molar-refractivity contribution is -0.138. The van der Waals surface area contributed by atoms with E-state index in [-0.39, 0.29) is 18.5 Å². The van der Waals surface area contributed by atoms with Gasteiger partial charge in [-0.25, -0.2) is 4.79 Å². The van der Waals surface area contributed by atoms with Crippen molar-refractivity contribution in [2.24, 2.45) is 0 Å². The lowest BCUT2D eigenvalue weighted by Gasteiger charge is -2.37. The van der Waals surface area contributed by atoms with Crippen LogP contribution < -0.4 is 0 Å². The third-order valence-electron chi connectivity index (χ3n) is 3.01. The molecule has 5 heteroatoms. The molecule has 1 unspecified atom stereocenters. The van der Waals surface area contributed by atoms with Gasteiger partial charge in [0.25, 0.3) is 0 Å². The van der Waals surface area contributed by atoms with Crippen molar-refractivity contribution >= 4 is 12.0 Å². The molecule has 1 N–H and O–H groups in total. The summed E-state index contributed by atoms with van der Waals surface area (Å²) in [6, 6.07) is -0.267. The summed E-state index contributed by atoms with van der Waals surface area (Å²) in [4.78, 5) is 26.1. The minimum atomic E-state index is -0.846. The topological polar surface area (TPSA) is 60.9 Å². The molecule has 1 aliphatic heterocycles. The van der Waals surface area contributed by atoms with Crippen LogP contribution in [-0.2, 0) is 4.79 Å². The molecule has 2 amide bonds. The molecule has 5 nitrogen and oxygen atoms in total. The number of piperidine rings is 1. The van der Waals surface area contributed by atoms with Gasteiger partial charge in [0.2, 0.25) is 0 Å². The standard InChI is InChI=1S/C12H20N2O3/c1-3-7-13(2)12(17)14-8-5-4-6-10(14)9-11(15)16/h3,10H,1,4-9H2,2H3,(H,15,16). The highest BCUT2D eigenvalue weighted by atomic mass is 16.4. The van der Waals surface area contributed by atoms with Crippen molar-refractivity contribution < 1.29 is 14.7 Å². The number of amides is 2. The van der Waals surface area contributed by atoms with Gasteiger partial charge in [0, 0.05) is 26.2 Å². The molecule has 0 saturated carbocycles. The Bertz CT molecular complexity index is 304. The highest BCUT2D eigenvalue weighted by molar-refractivity contribution is 5.76. The molecular weight excluding hydrogens is 220 g/mol. The summed E-state index contributed by atoms with van der Waals surface area (Å²) in [6.45, 7) is 4.72. The lowest BCUT2D eigenvalue weighted by atomic mass is 10.00. The third-order valence-corrected chi connectivity index (χ3v) is 3.01. The van der Waals surface area contributed by atoms with E-state index in [1.807, 2.05) is 0 Å². The van der Waals surface area contributed by atoms with Gasteiger partial charge in [0.1, 0.15) is 0 Å². The Labute approximate surface area is 102 Å². The van der Waals surface area contributed by atoms with Crippen LogP contribution in [0, 0.1) is 0 Å². The number of hydrogen-bond donors (Lipinski definition) is 1. The number of likely N-dealkylation sites (tertiary alicyclic amines) is 1.